The topological polar surface area (TPSA) is 37.3 Å². The fraction of sp³-hybridized carbons (Fsp3) is 0. The summed E-state index contributed by atoms with van der Waals surface area (Å²) in [6.07, 6.45) is 0. The lowest BCUT2D eigenvalue weighted by Gasteiger charge is -1.84. The van der Waals surface area contributed by atoms with Crippen molar-refractivity contribution in [2.24, 2.45) is 0 Å². The van der Waals surface area contributed by atoms with Gasteiger partial charge in [0.25, 0.3) is 0 Å². The van der Waals surface area contributed by atoms with E-state index in [9.17, 15) is 4.79 Å². The van der Waals surface area contributed by atoms with Gasteiger partial charge in [-0.3, -0.25) is 0 Å². The standard InChI is InChI=1S/C5H2BrClO2S/c6-3-1-2(5(8)9)4(7)10-3/h1H,(H,8,9). The van der Waals surface area contributed by atoms with Crippen LogP contribution < -0.4 is 0 Å². The van der Waals surface area contributed by atoms with Crippen LogP contribution in [-0.4, -0.2) is 11.1 Å². The van der Waals surface area contributed by atoms with Crippen molar-refractivity contribution in [2.45, 2.75) is 0 Å². The van der Waals surface area contributed by atoms with Gasteiger partial charge < -0.3 is 5.11 Å². The molecule has 0 unspecified atom stereocenters. The van der Waals surface area contributed by atoms with Crippen molar-refractivity contribution in [1.29, 1.82) is 0 Å². The molecule has 1 aromatic heterocycles. The Hall–Kier alpha value is -0.0600. The largest absolute Gasteiger partial charge is 0.478 e. The van der Waals surface area contributed by atoms with Gasteiger partial charge in [0, 0.05) is 0 Å². The predicted octanol–water partition coefficient (Wildman–Crippen LogP) is 2.86. The van der Waals surface area contributed by atoms with E-state index in [1.807, 2.05) is 0 Å². The zero-order valence-corrected chi connectivity index (χ0v) is 7.76. The minimum Gasteiger partial charge on any atom is -0.478 e. The maximum absolute atomic E-state index is 10.3. The van der Waals surface area contributed by atoms with Crippen molar-refractivity contribution < 1.29 is 9.90 Å². The zero-order valence-electron chi connectivity index (χ0n) is 4.60. The van der Waals surface area contributed by atoms with Gasteiger partial charge in [0.1, 0.15) is 4.34 Å². The molecule has 0 amide bonds. The van der Waals surface area contributed by atoms with Crippen molar-refractivity contribution in [3.05, 3.63) is 19.8 Å². The summed E-state index contributed by atoms with van der Waals surface area (Å²) in [4.78, 5) is 10.3. The van der Waals surface area contributed by atoms with Gasteiger partial charge in [0.2, 0.25) is 0 Å². The van der Waals surface area contributed by atoms with Crippen LogP contribution in [0.1, 0.15) is 10.4 Å². The average molecular weight is 241 g/mol. The van der Waals surface area contributed by atoms with Gasteiger partial charge in [-0.15, -0.1) is 11.3 Å². The van der Waals surface area contributed by atoms with Crippen molar-refractivity contribution in [3.63, 3.8) is 0 Å². The van der Waals surface area contributed by atoms with E-state index < -0.39 is 5.97 Å². The molecular weight excluding hydrogens is 239 g/mol. The third-order valence-electron chi connectivity index (χ3n) is 0.887. The van der Waals surface area contributed by atoms with Gasteiger partial charge >= 0.3 is 5.97 Å². The highest BCUT2D eigenvalue weighted by molar-refractivity contribution is 9.11. The van der Waals surface area contributed by atoms with Crippen LogP contribution in [0, 0.1) is 0 Å². The summed E-state index contributed by atoms with van der Waals surface area (Å²) in [7, 11) is 0. The second-order valence-corrected chi connectivity index (χ2v) is 4.58. The van der Waals surface area contributed by atoms with Crippen LogP contribution >= 0.6 is 38.9 Å². The minimum atomic E-state index is -0.994. The quantitative estimate of drug-likeness (QED) is 0.821. The van der Waals surface area contributed by atoms with Crippen LogP contribution in [0.5, 0.6) is 0 Å². The molecule has 2 nitrogen and oxygen atoms in total. The first-order valence-electron chi connectivity index (χ1n) is 2.29. The second kappa shape index (κ2) is 2.90. The first-order valence-corrected chi connectivity index (χ1v) is 4.28. The number of rotatable bonds is 1. The number of carbonyl (C=O) groups is 1. The van der Waals surface area contributed by atoms with Crippen molar-refractivity contribution >= 4 is 44.8 Å². The van der Waals surface area contributed by atoms with E-state index in [1.54, 1.807) is 0 Å². The summed E-state index contributed by atoms with van der Waals surface area (Å²) in [5.74, 6) is -0.994. The summed E-state index contributed by atoms with van der Waals surface area (Å²) in [5, 5.41) is 8.48. The van der Waals surface area contributed by atoms with Gasteiger partial charge in [0.15, 0.2) is 0 Å². The lowest BCUT2D eigenvalue weighted by atomic mass is 10.4. The lowest BCUT2D eigenvalue weighted by Crippen LogP contribution is -1.92. The van der Waals surface area contributed by atoms with Gasteiger partial charge in [-0.2, -0.15) is 0 Å². The molecule has 0 radical (unpaired) electrons. The molecule has 5 heteroatoms. The molecule has 1 aromatic rings. The molecule has 0 bridgehead atoms. The van der Waals surface area contributed by atoms with Gasteiger partial charge in [-0.05, 0) is 22.0 Å². The molecular formula is C5H2BrClO2S. The fourth-order valence-electron chi connectivity index (χ4n) is 0.486. The highest BCUT2D eigenvalue weighted by Crippen LogP contribution is 2.31. The molecule has 1 heterocycles. The SMILES string of the molecule is O=C(O)c1cc(Br)sc1Cl. The number of hydrogen-bond acceptors (Lipinski definition) is 2. The first-order chi connectivity index (χ1) is 4.61. The Labute approximate surface area is 74.6 Å². The van der Waals surface area contributed by atoms with E-state index in [4.69, 9.17) is 16.7 Å². The molecule has 10 heavy (non-hydrogen) atoms. The smallest absolute Gasteiger partial charge is 0.338 e. The molecule has 0 aromatic carbocycles. The summed E-state index contributed by atoms with van der Waals surface area (Å²) >= 11 is 9.87. The normalized spacial score (nSPS) is 9.80. The summed E-state index contributed by atoms with van der Waals surface area (Å²) in [6.45, 7) is 0. The predicted molar refractivity (Wildman–Crippen MR) is 44.0 cm³/mol. The third-order valence-corrected chi connectivity index (χ3v) is 2.75. The molecule has 1 N–H and O–H groups in total. The van der Waals surface area contributed by atoms with Crippen LogP contribution in [0.25, 0.3) is 0 Å². The average Bonchev–Trinajstić information content (AvgIpc) is 2.10. The Morgan fingerprint density at radius 1 is 1.80 bits per heavy atom. The van der Waals surface area contributed by atoms with Crippen LogP contribution in [0.3, 0.4) is 0 Å². The first kappa shape index (κ1) is 8.04. The molecule has 0 aliphatic rings. The molecule has 0 fully saturated rings. The van der Waals surface area contributed by atoms with Crippen molar-refractivity contribution in [3.8, 4) is 0 Å². The molecule has 0 atom stereocenters. The minimum absolute atomic E-state index is 0.151. The number of carboxylic acids is 1. The Morgan fingerprint density at radius 2 is 2.40 bits per heavy atom. The van der Waals surface area contributed by atoms with Crippen LogP contribution in [0.2, 0.25) is 4.34 Å². The number of thiophene rings is 1. The van der Waals surface area contributed by atoms with E-state index >= 15 is 0 Å². The Balaban J connectivity index is 3.15. The summed E-state index contributed by atoms with van der Waals surface area (Å²) < 4.78 is 1.04. The van der Waals surface area contributed by atoms with Crippen molar-refractivity contribution in [1.82, 2.24) is 0 Å². The van der Waals surface area contributed by atoms with E-state index in [0.717, 1.165) is 3.79 Å². The Bertz CT molecular complexity index is 271. The number of carboxylic acid groups (broad SMARTS) is 1. The Kier molecular flexibility index (Phi) is 2.33. The maximum atomic E-state index is 10.3. The second-order valence-electron chi connectivity index (χ2n) is 1.54. The highest BCUT2D eigenvalue weighted by Gasteiger charge is 2.11. The lowest BCUT2D eigenvalue weighted by molar-refractivity contribution is 0.0697. The van der Waals surface area contributed by atoms with Crippen LogP contribution in [0.15, 0.2) is 9.85 Å². The van der Waals surface area contributed by atoms with Crippen LogP contribution in [0.4, 0.5) is 0 Å². The summed E-state index contributed by atoms with van der Waals surface area (Å²) in [5.41, 5.74) is 0.151. The third kappa shape index (κ3) is 1.51. The van der Waals surface area contributed by atoms with E-state index in [1.165, 1.54) is 17.4 Å². The number of halogens is 2. The fourth-order valence-corrected chi connectivity index (χ4v) is 2.47. The van der Waals surface area contributed by atoms with Gasteiger partial charge in [-0.25, -0.2) is 4.79 Å². The van der Waals surface area contributed by atoms with Crippen LogP contribution in [-0.2, 0) is 0 Å². The molecule has 0 saturated carbocycles. The van der Waals surface area contributed by atoms with Crippen molar-refractivity contribution in [2.75, 3.05) is 0 Å². The Morgan fingerprint density at radius 3 is 2.60 bits per heavy atom. The molecule has 0 saturated heterocycles. The molecule has 0 spiro atoms. The summed E-state index contributed by atoms with van der Waals surface area (Å²) in [6, 6.07) is 1.48. The monoisotopic (exact) mass is 240 g/mol. The van der Waals surface area contributed by atoms with Gasteiger partial charge in [-0.1, -0.05) is 11.6 Å². The van der Waals surface area contributed by atoms with E-state index in [2.05, 4.69) is 15.9 Å². The number of aromatic carboxylic acids is 1. The number of hydrogen-bond donors (Lipinski definition) is 1. The zero-order chi connectivity index (χ0) is 7.72. The van der Waals surface area contributed by atoms with E-state index in [0.29, 0.717) is 4.34 Å². The van der Waals surface area contributed by atoms with Gasteiger partial charge in [0.05, 0.1) is 9.35 Å². The maximum Gasteiger partial charge on any atom is 0.338 e. The molecule has 54 valence electrons. The highest BCUT2D eigenvalue weighted by atomic mass is 79.9. The molecule has 0 aliphatic carbocycles. The van der Waals surface area contributed by atoms with E-state index in [-0.39, 0.29) is 5.56 Å². The molecule has 1 rings (SSSR count). The molecule has 0 aliphatic heterocycles.